The first-order valence-corrected chi connectivity index (χ1v) is 6.58. The highest BCUT2D eigenvalue weighted by Gasteiger charge is 2.23. The fourth-order valence-electron chi connectivity index (χ4n) is 2.46. The Morgan fingerprint density at radius 3 is 2.63 bits per heavy atom. The Morgan fingerprint density at radius 2 is 2.00 bits per heavy atom. The predicted octanol–water partition coefficient (Wildman–Crippen LogP) is 2.51. The zero-order valence-corrected chi connectivity index (χ0v) is 11.1. The second-order valence-electron chi connectivity index (χ2n) is 4.85. The maximum atomic E-state index is 12.2. The van der Waals surface area contributed by atoms with Crippen molar-refractivity contribution in [2.45, 2.75) is 31.7 Å². The summed E-state index contributed by atoms with van der Waals surface area (Å²) >= 11 is 0. The highest BCUT2D eigenvalue weighted by atomic mass is 16.5. The molecule has 1 fully saturated rings. The van der Waals surface area contributed by atoms with Crippen molar-refractivity contribution in [3.8, 4) is 11.8 Å². The van der Waals surface area contributed by atoms with Gasteiger partial charge in [0.05, 0.1) is 18.7 Å². The molecule has 0 saturated heterocycles. The molecule has 0 atom stereocenters. The van der Waals surface area contributed by atoms with Crippen molar-refractivity contribution in [3.63, 3.8) is 0 Å². The van der Waals surface area contributed by atoms with Crippen LogP contribution in [0.15, 0.2) is 24.3 Å². The monoisotopic (exact) mass is 258 g/mol. The van der Waals surface area contributed by atoms with Crippen LogP contribution in [0.25, 0.3) is 0 Å². The van der Waals surface area contributed by atoms with Crippen LogP contribution in [0.5, 0.6) is 5.75 Å². The van der Waals surface area contributed by atoms with E-state index in [1.54, 1.807) is 19.2 Å². The fraction of sp³-hybridized carbons (Fsp3) is 0.467. The van der Waals surface area contributed by atoms with Gasteiger partial charge in [0.2, 0.25) is 0 Å². The lowest BCUT2D eigenvalue weighted by Crippen LogP contribution is -2.37. The van der Waals surface area contributed by atoms with Crippen LogP contribution in [0.3, 0.4) is 0 Å². The summed E-state index contributed by atoms with van der Waals surface area (Å²) in [6.07, 6.45) is 3.49. The van der Waals surface area contributed by atoms with Gasteiger partial charge in [-0.3, -0.25) is 4.79 Å². The first kappa shape index (κ1) is 13.4. The van der Waals surface area contributed by atoms with Crippen LogP contribution < -0.4 is 10.1 Å². The van der Waals surface area contributed by atoms with E-state index in [4.69, 9.17) is 10.00 Å². The molecule has 100 valence electrons. The Morgan fingerprint density at radius 1 is 1.32 bits per heavy atom. The number of para-hydroxylation sites is 1. The van der Waals surface area contributed by atoms with Gasteiger partial charge >= 0.3 is 0 Å². The van der Waals surface area contributed by atoms with E-state index in [0.29, 0.717) is 11.3 Å². The lowest BCUT2D eigenvalue weighted by Gasteiger charge is -2.25. The Balaban J connectivity index is 1.97. The van der Waals surface area contributed by atoms with E-state index < -0.39 is 0 Å². The number of nitrogens with one attached hydrogen (secondary N) is 1. The van der Waals surface area contributed by atoms with Crippen molar-refractivity contribution in [2.24, 2.45) is 5.92 Å². The Kier molecular flexibility index (Phi) is 4.40. The van der Waals surface area contributed by atoms with Crippen LogP contribution in [-0.2, 0) is 0 Å². The Bertz CT molecular complexity index is 485. The smallest absolute Gasteiger partial charge is 0.255 e. The zero-order valence-electron chi connectivity index (χ0n) is 11.1. The number of hydrogen-bond acceptors (Lipinski definition) is 3. The van der Waals surface area contributed by atoms with Crippen LogP contribution in [0.2, 0.25) is 0 Å². The topological polar surface area (TPSA) is 62.1 Å². The number of nitriles is 1. The van der Waals surface area contributed by atoms with Crippen molar-refractivity contribution in [1.82, 2.24) is 5.32 Å². The van der Waals surface area contributed by atoms with Crippen molar-refractivity contribution >= 4 is 5.91 Å². The summed E-state index contributed by atoms with van der Waals surface area (Å²) in [5, 5.41) is 11.9. The van der Waals surface area contributed by atoms with Gasteiger partial charge in [0.15, 0.2) is 0 Å². The standard InChI is InChI=1S/C15H18N2O2/c1-19-14-5-3-2-4-13(14)15(18)17-12-8-6-11(10-16)7-9-12/h2-5,11-12H,6-9H2,1H3,(H,17,18). The first-order chi connectivity index (χ1) is 9.24. The van der Waals surface area contributed by atoms with Crippen molar-refractivity contribution in [3.05, 3.63) is 29.8 Å². The van der Waals surface area contributed by atoms with E-state index in [0.717, 1.165) is 25.7 Å². The minimum absolute atomic E-state index is 0.0992. The number of amides is 1. The number of carbonyl (C=O) groups excluding carboxylic acids is 1. The average molecular weight is 258 g/mol. The summed E-state index contributed by atoms with van der Waals surface area (Å²) < 4.78 is 5.19. The summed E-state index contributed by atoms with van der Waals surface area (Å²) in [5.74, 6) is 0.642. The largest absolute Gasteiger partial charge is 0.496 e. The Hall–Kier alpha value is -2.02. The third kappa shape index (κ3) is 3.25. The molecular formula is C15H18N2O2. The van der Waals surface area contributed by atoms with Gasteiger partial charge in [-0.1, -0.05) is 12.1 Å². The van der Waals surface area contributed by atoms with E-state index in [1.807, 2.05) is 12.1 Å². The quantitative estimate of drug-likeness (QED) is 0.906. The molecule has 4 heteroatoms. The minimum Gasteiger partial charge on any atom is -0.496 e. The molecule has 4 nitrogen and oxygen atoms in total. The molecule has 0 bridgehead atoms. The summed E-state index contributed by atoms with van der Waals surface area (Å²) in [4.78, 5) is 12.2. The molecule has 1 amide bonds. The molecule has 1 saturated carbocycles. The molecule has 0 unspecified atom stereocenters. The lowest BCUT2D eigenvalue weighted by molar-refractivity contribution is 0.0922. The molecule has 1 aliphatic carbocycles. The average Bonchev–Trinajstić information content (AvgIpc) is 2.48. The van der Waals surface area contributed by atoms with Crippen molar-refractivity contribution < 1.29 is 9.53 Å². The second kappa shape index (κ2) is 6.24. The maximum Gasteiger partial charge on any atom is 0.255 e. The maximum absolute atomic E-state index is 12.2. The lowest BCUT2D eigenvalue weighted by atomic mass is 9.87. The summed E-state index contributed by atoms with van der Waals surface area (Å²) in [5.41, 5.74) is 0.562. The van der Waals surface area contributed by atoms with E-state index in [1.165, 1.54) is 0 Å². The number of nitrogens with zero attached hydrogens (tertiary/aromatic N) is 1. The Labute approximate surface area is 113 Å². The summed E-state index contributed by atoms with van der Waals surface area (Å²) in [7, 11) is 1.56. The number of methoxy groups -OCH3 is 1. The van der Waals surface area contributed by atoms with Gasteiger partial charge < -0.3 is 10.1 Å². The molecular weight excluding hydrogens is 240 g/mol. The van der Waals surface area contributed by atoms with Gasteiger partial charge in [-0.05, 0) is 37.8 Å². The predicted molar refractivity (Wildman–Crippen MR) is 71.8 cm³/mol. The molecule has 0 heterocycles. The molecule has 0 aromatic heterocycles. The van der Waals surface area contributed by atoms with Crippen LogP contribution in [0.4, 0.5) is 0 Å². The van der Waals surface area contributed by atoms with Crippen molar-refractivity contribution in [2.75, 3.05) is 7.11 Å². The second-order valence-corrected chi connectivity index (χ2v) is 4.85. The van der Waals surface area contributed by atoms with Crippen LogP contribution in [-0.4, -0.2) is 19.1 Å². The number of carbonyl (C=O) groups is 1. The van der Waals surface area contributed by atoms with Gasteiger partial charge in [0.1, 0.15) is 5.75 Å². The summed E-state index contributed by atoms with van der Waals surface area (Å²) in [6, 6.07) is 9.67. The molecule has 0 aliphatic heterocycles. The molecule has 1 N–H and O–H groups in total. The summed E-state index contributed by atoms with van der Waals surface area (Å²) in [6.45, 7) is 0. The SMILES string of the molecule is COc1ccccc1C(=O)NC1CCC(C#N)CC1. The van der Waals surface area contributed by atoms with Gasteiger partial charge in [-0.25, -0.2) is 0 Å². The molecule has 0 spiro atoms. The van der Waals surface area contributed by atoms with Gasteiger partial charge in [0.25, 0.3) is 5.91 Å². The first-order valence-electron chi connectivity index (χ1n) is 6.58. The molecule has 2 rings (SSSR count). The number of benzene rings is 1. The van der Waals surface area contributed by atoms with Gasteiger partial charge in [-0.2, -0.15) is 5.26 Å². The third-order valence-corrected chi connectivity index (χ3v) is 3.60. The highest BCUT2D eigenvalue weighted by molar-refractivity contribution is 5.97. The molecule has 1 aliphatic rings. The van der Waals surface area contributed by atoms with Crippen LogP contribution in [0, 0.1) is 17.2 Å². The van der Waals surface area contributed by atoms with Crippen molar-refractivity contribution in [1.29, 1.82) is 5.26 Å². The molecule has 0 radical (unpaired) electrons. The van der Waals surface area contributed by atoms with E-state index in [9.17, 15) is 4.79 Å². The van der Waals surface area contributed by atoms with Crippen LogP contribution >= 0.6 is 0 Å². The van der Waals surface area contributed by atoms with E-state index in [2.05, 4.69) is 11.4 Å². The van der Waals surface area contributed by atoms with E-state index in [-0.39, 0.29) is 17.9 Å². The minimum atomic E-state index is -0.0992. The molecule has 1 aromatic carbocycles. The zero-order chi connectivity index (χ0) is 13.7. The fourth-order valence-corrected chi connectivity index (χ4v) is 2.46. The number of hydrogen-bond donors (Lipinski definition) is 1. The highest BCUT2D eigenvalue weighted by Crippen LogP contribution is 2.24. The van der Waals surface area contributed by atoms with Gasteiger partial charge in [-0.15, -0.1) is 0 Å². The number of rotatable bonds is 3. The van der Waals surface area contributed by atoms with E-state index >= 15 is 0 Å². The molecule has 1 aromatic rings. The third-order valence-electron chi connectivity index (χ3n) is 3.60. The normalized spacial score (nSPS) is 22.3. The number of ether oxygens (including phenoxy) is 1. The van der Waals surface area contributed by atoms with Crippen LogP contribution in [0.1, 0.15) is 36.0 Å². The van der Waals surface area contributed by atoms with Gasteiger partial charge in [0, 0.05) is 12.0 Å². The molecule has 19 heavy (non-hydrogen) atoms.